The number of hydrogen-bond donors (Lipinski definition) is 2. The third kappa shape index (κ3) is 3.44. The normalized spacial score (nSPS) is 19.3. The van der Waals surface area contributed by atoms with Crippen LogP contribution in [0.1, 0.15) is 23.2 Å². The van der Waals surface area contributed by atoms with E-state index in [2.05, 4.69) is 10.1 Å². The van der Waals surface area contributed by atoms with Gasteiger partial charge in [-0.2, -0.15) is 0 Å². The van der Waals surface area contributed by atoms with Crippen molar-refractivity contribution in [1.82, 2.24) is 4.98 Å². The molecule has 0 aromatic carbocycles. The maximum atomic E-state index is 11.7. The van der Waals surface area contributed by atoms with Gasteiger partial charge in [-0.1, -0.05) is 5.16 Å². The van der Waals surface area contributed by atoms with Crippen LogP contribution in [0.15, 0.2) is 11.2 Å². The van der Waals surface area contributed by atoms with Gasteiger partial charge in [0.05, 0.1) is 17.1 Å². The molecule has 2 heterocycles. The number of oxime groups is 1. The van der Waals surface area contributed by atoms with Crippen LogP contribution in [0.3, 0.4) is 0 Å². The highest BCUT2D eigenvalue weighted by molar-refractivity contribution is 7.91. The summed E-state index contributed by atoms with van der Waals surface area (Å²) in [6.07, 6.45) is 0.548. The number of nitrogens with two attached hydrogens (primary N) is 1. The number of aryl methyl sites for hydroxylation is 2. The number of hydrogen-bond acceptors (Lipinski definition) is 6. The zero-order valence-corrected chi connectivity index (χ0v) is 13.0. The number of sulfone groups is 1. The summed E-state index contributed by atoms with van der Waals surface area (Å²) in [6, 6.07) is 1.85. The third-order valence-corrected chi connectivity index (χ3v) is 5.26. The molecule has 0 atom stereocenters. The minimum atomic E-state index is -3.00. The van der Waals surface area contributed by atoms with Crippen LogP contribution in [0, 0.1) is 13.8 Å². The predicted octanol–water partition coefficient (Wildman–Crippen LogP) is 0.418. The molecule has 1 aromatic rings. The molecule has 0 saturated carbocycles. The van der Waals surface area contributed by atoms with Gasteiger partial charge < -0.3 is 15.8 Å². The van der Waals surface area contributed by atoms with Gasteiger partial charge in [-0.3, -0.25) is 0 Å². The number of anilines is 1. The average Bonchev–Trinajstić information content (AvgIpc) is 2.58. The minimum absolute atomic E-state index is 0.0119. The number of pyridine rings is 1. The van der Waals surface area contributed by atoms with Gasteiger partial charge in [0.1, 0.15) is 5.82 Å². The molecule has 8 heteroatoms. The molecule has 0 aliphatic carbocycles. The van der Waals surface area contributed by atoms with E-state index >= 15 is 0 Å². The Labute approximate surface area is 124 Å². The van der Waals surface area contributed by atoms with Crippen molar-refractivity contribution in [3.05, 3.63) is 22.9 Å². The Balaban J connectivity index is 2.47. The summed E-state index contributed by atoms with van der Waals surface area (Å²) in [5.74, 6) is 0.854. The smallest absolute Gasteiger partial charge is 0.174 e. The first kappa shape index (κ1) is 15.6. The van der Waals surface area contributed by atoms with Crippen LogP contribution in [-0.2, 0) is 9.84 Å². The Morgan fingerprint density at radius 3 is 2.76 bits per heavy atom. The fourth-order valence-corrected chi connectivity index (χ4v) is 3.83. The van der Waals surface area contributed by atoms with Crippen molar-refractivity contribution < 1.29 is 13.6 Å². The first-order valence-corrected chi connectivity index (χ1v) is 8.57. The SMILES string of the molecule is Cc1cc(C)c(/C(N)=N/O)c(N2CCCS(=O)(=O)CC2)n1. The van der Waals surface area contributed by atoms with Gasteiger partial charge in [0, 0.05) is 18.8 Å². The molecule has 0 radical (unpaired) electrons. The predicted molar refractivity (Wildman–Crippen MR) is 81.7 cm³/mol. The Bertz CT molecular complexity index is 670. The van der Waals surface area contributed by atoms with Gasteiger partial charge in [0.25, 0.3) is 0 Å². The van der Waals surface area contributed by atoms with Crippen molar-refractivity contribution in [3.8, 4) is 0 Å². The summed E-state index contributed by atoms with van der Waals surface area (Å²) in [4.78, 5) is 6.38. The zero-order valence-electron chi connectivity index (χ0n) is 12.2. The summed E-state index contributed by atoms with van der Waals surface area (Å²) in [5.41, 5.74) is 7.97. The van der Waals surface area contributed by atoms with E-state index in [0.29, 0.717) is 30.9 Å². The lowest BCUT2D eigenvalue weighted by atomic mass is 10.1. The standard InChI is InChI=1S/C13H20N4O3S/c1-9-8-10(2)15-13(11(9)12(14)16-18)17-4-3-6-21(19,20)7-5-17/h8,18H,3-7H2,1-2H3,(H2,14,16). The van der Waals surface area contributed by atoms with Gasteiger partial charge in [0.2, 0.25) is 0 Å². The Kier molecular flexibility index (Phi) is 4.36. The van der Waals surface area contributed by atoms with Gasteiger partial charge in [-0.05, 0) is 31.9 Å². The summed E-state index contributed by atoms with van der Waals surface area (Å²) >= 11 is 0. The van der Waals surface area contributed by atoms with Gasteiger partial charge in [0.15, 0.2) is 15.7 Å². The number of rotatable bonds is 2. The number of amidine groups is 1. The molecule has 1 fully saturated rings. The third-order valence-electron chi connectivity index (χ3n) is 3.54. The van der Waals surface area contributed by atoms with E-state index in [1.807, 2.05) is 24.8 Å². The van der Waals surface area contributed by atoms with Crippen LogP contribution < -0.4 is 10.6 Å². The van der Waals surface area contributed by atoms with E-state index in [1.165, 1.54) is 0 Å². The van der Waals surface area contributed by atoms with Crippen LogP contribution in [0.4, 0.5) is 5.82 Å². The lowest BCUT2D eigenvalue weighted by Gasteiger charge is -2.24. The highest BCUT2D eigenvalue weighted by atomic mass is 32.2. The molecule has 1 saturated heterocycles. The Hall–Kier alpha value is -1.83. The van der Waals surface area contributed by atoms with E-state index in [-0.39, 0.29) is 17.3 Å². The molecule has 1 aliphatic rings. The molecule has 116 valence electrons. The molecule has 0 unspecified atom stereocenters. The maximum Gasteiger partial charge on any atom is 0.174 e. The second-order valence-corrected chi connectivity index (χ2v) is 7.56. The van der Waals surface area contributed by atoms with Crippen LogP contribution in [-0.4, -0.2) is 49.0 Å². The number of nitrogens with zero attached hydrogens (tertiary/aromatic N) is 3. The molecule has 0 spiro atoms. The highest BCUT2D eigenvalue weighted by Crippen LogP contribution is 2.24. The van der Waals surface area contributed by atoms with Crippen LogP contribution in [0.5, 0.6) is 0 Å². The average molecular weight is 312 g/mol. The molecule has 0 bridgehead atoms. The molecule has 2 rings (SSSR count). The summed E-state index contributed by atoms with van der Waals surface area (Å²) in [7, 11) is -3.00. The first-order valence-electron chi connectivity index (χ1n) is 6.75. The second-order valence-electron chi connectivity index (χ2n) is 5.26. The molecule has 0 amide bonds. The van der Waals surface area contributed by atoms with Gasteiger partial charge in [-0.15, -0.1) is 0 Å². The molecule has 21 heavy (non-hydrogen) atoms. The summed E-state index contributed by atoms with van der Waals surface area (Å²) in [5, 5.41) is 12.0. The lowest BCUT2D eigenvalue weighted by molar-refractivity contribution is 0.318. The van der Waals surface area contributed by atoms with Crippen molar-refractivity contribution >= 4 is 21.5 Å². The molecular formula is C13H20N4O3S. The van der Waals surface area contributed by atoms with E-state index in [1.54, 1.807) is 0 Å². The summed E-state index contributed by atoms with van der Waals surface area (Å²) in [6.45, 7) is 4.67. The molecule has 1 aromatic heterocycles. The lowest BCUT2D eigenvalue weighted by Crippen LogP contribution is -2.31. The fourth-order valence-electron chi connectivity index (χ4n) is 2.56. The van der Waals surface area contributed by atoms with E-state index in [4.69, 9.17) is 10.9 Å². The van der Waals surface area contributed by atoms with Gasteiger partial charge >= 0.3 is 0 Å². The molecule has 3 N–H and O–H groups in total. The van der Waals surface area contributed by atoms with E-state index < -0.39 is 9.84 Å². The van der Waals surface area contributed by atoms with Crippen LogP contribution in [0.2, 0.25) is 0 Å². The van der Waals surface area contributed by atoms with Crippen molar-refractivity contribution in [1.29, 1.82) is 0 Å². The Morgan fingerprint density at radius 1 is 1.38 bits per heavy atom. The molecule has 7 nitrogen and oxygen atoms in total. The topological polar surface area (TPSA) is 109 Å². The van der Waals surface area contributed by atoms with E-state index in [9.17, 15) is 8.42 Å². The largest absolute Gasteiger partial charge is 0.409 e. The van der Waals surface area contributed by atoms with Crippen molar-refractivity contribution in [2.45, 2.75) is 20.3 Å². The molecular weight excluding hydrogens is 292 g/mol. The van der Waals surface area contributed by atoms with Gasteiger partial charge in [-0.25, -0.2) is 13.4 Å². The maximum absolute atomic E-state index is 11.7. The minimum Gasteiger partial charge on any atom is -0.409 e. The van der Waals surface area contributed by atoms with Crippen molar-refractivity contribution in [2.75, 3.05) is 29.5 Å². The highest BCUT2D eigenvalue weighted by Gasteiger charge is 2.24. The quantitative estimate of drug-likeness (QED) is 0.354. The Morgan fingerprint density at radius 2 is 2.10 bits per heavy atom. The van der Waals surface area contributed by atoms with Crippen LogP contribution >= 0.6 is 0 Å². The zero-order chi connectivity index (χ0) is 15.6. The van der Waals surface area contributed by atoms with E-state index in [0.717, 1.165) is 11.3 Å². The monoisotopic (exact) mass is 312 g/mol. The summed E-state index contributed by atoms with van der Waals surface area (Å²) < 4.78 is 23.4. The van der Waals surface area contributed by atoms with Crippen LogP contribution in [0.25, 0.3) is 0 Å². The second kappa shape index (κ2) is 5.88. The number of aromatic nitrogens is 1. The fraction of sp³-hybridized carbons (Fsp3) is 0.538. The van der Waals surface area contributed by atoms with Crippen molar-refractivity contribution in [2.24, 2.45) is 10.9 Å². The first-order chi connectivity index (χ1) is 9.84. The van der Waals surface area contributed by atoms with Crippen molar-refractivity contribution in [3.63, 3.8) is 0 Å². The molecule has 1 aliphatic heterocycles.